The molecule has 0 fully saturated rings. The van der Waals surface area contributed by atoms with Crippen molar-refractivity contribution in [2.24, 2.45) is 0 Å². The number of halogens is 1. The number of thiophene rings is 1. The summed E-state index contributed by atoms with van der Waals surface area (Å²) in [5.74, 6) is 0.626. The Hall–Kier alpha value is -0.840. The lowest BCUT2D eigenvalue weighted by atomic mass is 9.91. The molecule has 1 aromatic carbocycles. The summed E-state index contributed by atoms with van der Waals surface area (Å²) in [6.07, 6.45) is 1.21. The summed E-state index contributed by atoms with van der Waals surface area (Å²) >= 11 is 5.31. The molecule has 2 heterocycles. The summed E-state index contributed by atoms with van der Waals surface area (Å²) in [7, 11) is 0. The SMILES string of the molecule is Brc1ccc(CNCC2CCNc3ccccc32)s1. The number of para-hydroxylation sites is 1. The van der Waals surface area contributed by atoms with Crippen molar-refractivity contribution in [2.45, 2.75) is 18.9 Å². The van der Waals surface area contributed by atoms with E-state index in [9.17, 15) is 0 Å². The van der Waals surface area contributed by atoms with Crippen LogP contribution in [-0.2, 0) is 6.54 Å². The maximum atomic E-state index is 3.59. The molecule has 19 heavy (non-hydrogen) atoms. The van der Waals surface area contributed by atoms with Gasteiger partial charge in [-0.15, -0.1) is 11.3 Å². The van der Waals surface area contributed by atoms with Crippen LogP contribution >= 0.6 is 27.3 Å². The predicted molar refractivity (Wildman–Crippen MR) is 86.0 cm³/mol. The fraction of sp³-hybridized carbons (Fsp3) is 0.333. The molecule has 0 saturated carbocycles. The van der Waals surface area contributed by atoms with Crippen LogP contribution in [0.3, 0.4) is 0 Å². The molecular formula is C15H17BrN2S. The monoisotopic (exact) mass is 336 g/mol. The molecule has 0 bridgehead atoms. The highest BCUT2D eigenvalue weighted by atomic mass is 79.9. The van der Waals surface area contributed by atoms with Gasteiger partial charge >= 0.3 is 0 Å². The zero-order chi connectivity index (χ0) is 13.1. The minimum Gasteiger partial charge on any atom is -0.385 e. The molecule has 1 unspecified atom stereocenters. The highest BCUT2D eigenvalue weighted by Gasteiger charge is 2.18. The Kier molecular flexibility index (Phi) is 4.21. The number of hydrogen-bond donors (Lipinski definition) is 2. The molecule has 2 N–H and O–H groups in total. The molecule has 2 aromatic rings. The second-order valence-corrected chi connectivity index (χ2v) is 7.38. The number of rotatable bonds is 4. The fourth-order valence-electron chi connectivity index (χ4n) is 2.58. The van der Waals surface area contributed by atoms with E-state index in [2.05, 4.69) is 63.0 Å². The van der Waals surface area contributed by atoms with Crippen LogP contribution < -0.4 is 10.6 Å². The molecular weight excluding hydrogens is 320 g/mol. The van der Waals surface area contributed by atoms with Crippen LogP contribution in [0.1, 0.15) is 22.8 Å². The van der Waals surface area contributed by atoms with E-state index in [4.69, 9.17) is 0 Å². The van der Waals surface area contributed by atoms with Gasteiger partial charge in [0.05, 0.1) is 3.79 Å². The number of benzene rings is 1. The first-order valence-electron chi connectivity index (χ1n) is 6.60. The minimum absolute atomic E-state index is 0.626. The third-order valence-corrected chi connectivity index (χ3v) is 5.15. The number of nitrogens with one attached hydrogen (secondary N) is 2. The van der Waals surface area contributed by atoms with Crippen molar-refractivity contribution in [1.29, 1.82) is 0 Å². The van der Waals surface area contributed by atoms with Gasteiger partial charge in [0.2, 0.25) is 0 Å². The zero-order valence-corrected chi connectivity index (χ0v) is 13.1. The molecule has 2 nitrogen and oxygen atoms in total. The van der Waals surface area contributed by atoms with Crippen LogP contribution in [0.15, 0.2) is 40.2 Å². The standard InChI is InChI=1S/C15H17BrN2S/c16-15-6-5-12(19-15)10-17-9-11-7-8-18-14-4-2-1-3-13(11)14/h1-6,11,17-18H,7-10H2. The van der Waals surface area contributed by atoms with Crippen molar-refractivity contribution < 1.29 is 0 Å². The van der Waals surface area contributed by atoms with Gasteiger partial charge in [-0.05, 0) is 46.1 Å². The summed E-state index contributed by atoms with van der Waals surface area (Å²) in [5.41, 5.74) is 2.76. The quantitative estimate of drug-likeness (QED) is 0.874. The Bertz CT molecular complexity index is 553. The molecule has 1 aromatic heterocycles. The molecule has 0 spiro atoms. The molecule has 0 saturated heterocycles. The molecule has 0 amide bonds. The van der Waals surface area contributed by atoms with Gasteiger partial charge in [0.1, 0.15) is 0 Å². The topological polar surface area (TPSA) is 24.1 Å². The Morgan fingerprint density at radius 1 is 1.26 bits per heavy atom. The molecule has 1 atom stereocenters. The van der Waals surface area contributed by atoms with Crippen molar-refractivity contribution in [2.75, 3.05) is 18.4 Å². The summed E-state index contributed by atoms with van der Waals surface area (Å²) in [5, 5.41) is 7.06. The van der Waals surface area contributed by atoms with Crippen LogP contribution in [0.2, 0.25) is 0 Å². The smallest absolute Gasteiger partial charge is 0.0701 e. The zero-order valence-electron chi connectivity index (χ0n) is 10.7. The van der Waals surface area contributed by atoms with Gasteiger partial charge in [0.25, 0.3) is 0 Å². The van der Waals surface area contributed by atoms with E-state index in [0.29, 0.717) is 5.92 Å². The Labute approximate surface area is 126 Å². The molecule has 1 aliphatic rings. The Balaban J connectivity index is 1.59. The van der Waals surface area contributed by atoms with Gasteiger partial charge in [-0.25, -0.2) is 0 Å². The van der Waals surface area contributed by atoms with E-state index in [1.54, 1.807) is 11.3 Å². The first-order chi connectivity index (χ1) is 9.33. The molecule has 0 radical (unpaired) electrons. The summed E-state index contributed by atoms with van der Waals surface area (Å²) in [6, 6.07) is 13.0. The first kappa shape index (κ1) is 13.2. The summed E-state index contributed by atoms with van der Waals surface area (Å²) < 4.78 is 1.21. The average Bonchev–Trinajstić information content (AvgIpc) is 2.85. The van der Waals surface area contributed by atoms with Crippen molar-refractivity contribution >= 4 is 33.0 Å². The van der Waals surface area contributed by atoms with Gasteiger partial charge in [-0.2, -0.15) is 0 Å². The molecule has 0 aliphatic carbocycles. The van der Waals surface area contributed by atoms with Gasteiger partial charge in [-0.3, -0.25) is 0 Å². The minimum atomic E-state index is 0.626. The van der Waals surface area contributed by atoms with Crippen molar-refractivity contribution in [3.05, 3.63) is 50.6 Å². The van der Waals surface area contributed by atoms with E-state index in [-0.39, 0.29) is 0 Å². The fourth-order valence-corrected chi connectivity index (χ4v) is 4.03. The van der Waals surface area contributed by atoms with Gasteiger partial charge in [-0.1, -0.05) is 18.2 Å². The summed E-state index contributed by atoms with van der Waals surface area (Å²) in [4.78, 5) is 1.38. The van der Waals surface area contributed by atoms with E-state index < -0.39 is 0 Å². The maximum Gasteiger partial charge on any atom is 0.0701 e. The molecule has 3 rings (SSSR count). The number of anilines is 1. The van der Waals surface area contributed by atoms with Crippen LogP contribution in [0.4, 0.5) is 5.69 Å². The van der Waals surface area contributed by atoms with Crippen LogP contribution in [0, 0.1) is 0 Å². The van der Waals surface area contributed by atoms with E-state index in [1.165, 1.54) is 26.3 Å². The molecule has 1 aliphatic heterocycles. The third-order valence-electron chi connectivity index (χ3n) is 3.53. The lowest BCUT2D eigenvalue weighted by Gasteiger charge is -2.26. The highest BCUT2D eigenvalue weighted by Crippen LogP contribution is 2.30. The van der Waals surface area contributed by atoms with Crippen molar-refractivity contribution in [3.63, 3.8) is 0 Å². The van der Waals surface area contributed by atoms with Crippen LogP contribution in [0.25, 0.3) is 0 Å². The average molecular weight is 337 g/mol. The van der Waals surface area contributed by atoms with Crippen molar-refractivity contribution in [1.82, 2.24) is 5.32 Å². The maximum absolute atomic E-state index is 3.59. The van der Waals surface area contributed by atoms with Gasteiger partial charge < -0.3 is 10.6 Å². The normalized spacial score (nSPS) is 17.8. The second kappa shape index (κ2) is 6.07. The lowest BCUT2D eigenvalue weighted by molar-refractivity contribution is 0.553. The second-order valence-electron chi connectivity index (χ2n) is 4.84. The summed E-state index contributed by atoms with van der Waals surface area (Å²) in [6.45, 7) is 3.09. The number of fused-ring (bicyclic) bond motifs is 1. The lowest BCUT2D eigenvalue weighted by Crippen LogP contribution is -2.26. The molecule has 4 heteroatoms. The van der Waals surface area contributed by atoms with E-state index in [1.807, 2.05) is 0 Å². The van der Waals surface area contributed by atoms with Gasteiger partial charge in [0, 0.05) is 36.1 Å². The van der Waals surface area contributed by atoms with Gasteiger partial charge in [0.15, 0.2) is 0 Å². The van der Waals surface area contributed by atoms with Crippen molar-refractivity contribution in [3.8, 4) is 0 Å². The van der Waals surface area contributed by atoms with E-state index >= 15 is 0 Å². The molecule has 100 valence electrons. The predicted octanol–water partition coefficient (Wildman–Crippen LogP) is 4.20. The largest absolute Gasteiger partial charge is 0.385 e. The highest BCUT2D eigenvalue weighted by molar-refractivity contribution is 9.11. The third kappa shape index (κ3) is 3.19. The van der Waals surface area contributed by atoms with Crippen LogP contribution in [0.5, 0.6) is 0 Å². The Morgan fingerprint density at radius 2 is 2.16 bits per heavy atom. The first-order valence-corrected chi connectivity index (χ1v) is 8.21. The Morgan fingerprint density at radius 3 is 3.00 bits per heavy atom. The number of hydrogen-bond acceptors (Lipinski definition) is 3. The van der Waals surface area contributed by atoms with E-state index in [0.717, 1.165) is 19.6 Å². The van der Waals surface area contributed by atoms with Crippen LogP contribution in [-0.4, -0.2) is 13.1 Å².